The van der Waals surface area contributed by atoms with Gasteiger partial charge in [0.1, 0.15) is 0 Å². The smallest absolute Gasteiger partial charge is 0.295 e. The van der Waals surface area contributed by atoms with Gasteiger partial charge >= 0.3 is 6.18 Å². The minimum absolute atomic E-state index is 0.0152. The summed E-state index contributed by atoms with van der Waals surface area (Å²) < 4.78 is 35.6. The summed E-state index contributed by atoms with van der Waals surface area (Å²) in [6, 6.07) is 6.90. The molecule has 0 saturated heterocycles. The highest BCUT2D eigenvalue weighted by atomic mass is 32.2. The number of Topliss-reactive ketones (excluding diaryl/α,β-unsaturated/α-hetero) is 1. The van der Waals surface area contributed by atoms with Gasteiger partial charge in [0, 0.05) is 16.9 Å². The highest BCUT2D eigenvalue weighted by Gasteiger charge is 2.25. The van der Waals surface area contributed by atoms with Gasteiger partial charge in [0.2, 0.25) is 0 Å². The number of benzene rings is 1. The minimum atomic E-state index is -4.07. The molecule has 0 fully saturated rings. The van der Waals surface area contributed by atoms with Gasteiger partial charge in [-0.15, -0.1) is 11.8 Å². The van der Waals surface area contributed by atoms with E-state index in [0.29, 0.717) is 11.3 Å². The Morgan fingerprint density at radius 3 is 2.29 bits per heavy atom. The number of hydrogen-bond donors (Lipinski definition) is 0. The Morgan fingerprint density at radius 2 is 1.82 bits per heavy atom. The summed E-state index contributed by atoms with van der Waals surface area (Å²) in [5.74, 6) is 0.414. The van der Waals surface area contributed by atoms with Crippen LogP contribution in [0.4, 0.5) is 13.2 Å². The summed E-state index contributed by atoms with van der Waals surface area (Å²) >= 11 is 1.37. The third-order valence-electron chi connectivity index (χ3n) is 2.13. The summed E-state index contributed by atoms with van der Waals surface area (Å²) in [4.78, 5) is 11.9. The lowest BCUT2D eigenvalue weighted by atomic mass is 10.2. The highest BCUT2D eigenvalue weighted by molar-refractivity contribution is 7.99. The van der Waals surface area contributed by atoms with E-state index in [4.69, 9.17) is 0 Å². The lowest BCUT2D eigenvalue weighted by molar-refractivity contribution is -0.134. The van der Waals surface area contributed by atoms with Crippen LogP contribution >= 0.6 is 11.8 Å². The Balaban J connectivity index is 2.35. The number of thioether (sulfide) groups is 1. The largest absolute Gasteiger partial charge is 0.389 e. The van der Waals surface area contributed by atoms with Crippen LogP contribution in [0.15, 0.2) is 29.2 Å². The molecule has 1 aromatic carbocycles. The molecule has 0 unspecified atom stereocenters. The number of carbonyl (C=O) groups excluding carboxylic acids is 1. The van der Waals surface area contributed by atoms with Crippen LogP contribution in [-0.2, 0) is 0 Å². The lowest BCUT2D eigenvalue weighted by Gasteiger charge is -2.05. The molecule has 1 nitrogen and oxygen atoms in total. The van der Waals surface area contributed by atoms with Gasteiger partial charge in [0.25, 0.3) is 0 Å². The molecule has 0 amide bonds. The average Bonchev–Trinajstić information content (AvgIpc) is 2.24. The van der Waals surface area contributed by atoms with Crippen molar-refractivity contribution in [1.82, 2.24) is 0 Å². The maximum absolute atomic E-state index is 11.9. The van der Waals surface area contributed by atoms with E-state index in [1.54, 1.807) is 24.3 Å². The van der Waals surface area contributed by atoms with E-state index in [0.717, 1.165) is 4.90 Å². The van der Waals surface area contributed by atoms with Crippen LogP contribution in [0.3, 0.4) is 0 Å². The number of rotatable bonds is 5. The van der Waals surface area contributed by atoms with E-state index >= 15 is 0 Å². The van der Waals surface area contributed by atoms with Gasteiger partial charge in [-0.1, -0.05) is 12.1 Å². The molecule has 94 valence electrons. The van der Waals surface area contributed by atoms with E-state index in [-0.39, 0.29) is 12.2 Å². The van der Waals surface area contributed by atoms with Crippen molar-refractivity contribution in [1.29, 1.82) is 0 Å². The van der Waals surface area contributed by atoms with Crippen molar-refractivity contribution < 1.29 is 18.0 Å². The number of hydrogen-bond acceptors (Lipinski definition) is 2. The molecule has 0 heterocycles. The summed E-state index contributed by atoms with van der Waals surface area (Å²) in [7, 11) is 0. The van der Waals surface area contributed by atoms with Crippen LogP contribution < -0.4 is 0 Å². The first kappa shape index (κ1) is 14.1. The van der Waals surface area contributed by atoms with Crippen molar-refractivity contribution in [2.45, 2.75) is 30.8 Å². The summed E-state index contributed by atoms with van der Waals surface area (Å²) in [6.45, 7) is 1.48. The van der Waals surface area contributed by atoms with Crippen molar-refractivity contribution in [3.63, 3.8) is 0 Å². The first-order valence-electron chi connectivity index (χ1n) is 5.19. The molecule has 1 rings (SSSR count). The zero-order valence-corrected chi connectivity index (χ0v) is 10.2. The lowest BCUT2D eigenvalue weighted by Crippen LogP contribution is -2.06. The third kappa shape index (κ3) is 5.77. The summed E-state index contributed by atoms with van der Waals surface area (Å²) in [5.41, 5.74) is 0.615. The standard InChI is InChI=1S/C12H13F3OS/c1-9(16)10-3-5-11(6-4-10)17-8-2-7-12(13,14)15/h3-6H,2,7-8H2,1H3. The predicted molar refractivity (Wildman–Crippen MR) is 62.5 cm³/mol. The molecular weight excluding hydrogens is 249 g/mol. The molecule has 0 atom stereocenters. The molecule has 17 heavy (non-hydrogen) atoms. The fourth-order valence-corrected chi connectivity index (χ4v) is 2.10. The monoisotopic (exact) mass is 262 g/mol. The topological polar surface area (TPSA) is 17.1 Å². The van der Waals surface area contributed by atoms with Crippen LogP contribution in [0.25, 0.3) is 0 Å². The first-order valence-corrected chi connectivity index (χ1v) is 6.17. The normalized spacial score (nSPS) is 11.5. The van der Waals surface area contributed by atoms with Crippen molar-refractivity contribution in [3.8, 4) is 0 Å². The van der Waals surface area contributed by atoms with Crippen molar-refractivity contribution in [2.75, 3.05) is 5.75 Å². The molecule has 0 aliphatic carbocycles. The molecular formula is C12H13F3OS. The van der Waals surface area contributed by atoms with E-state index in [1.807, 2.05) is 0 Å². The fourth-order valence-electron chi connectivity index (χ4n) is 1.25. The first-order chi connectivity index (χ1) is 7.88. The second-order valence-corrected chi connectivity index (χ2v) is 4.82. The Bertz CT molecular complexity index is 370. The van der Waals surface area contributed by atoms with Gasteiger partial charge in [-0.25, -0.2) is 0 Å². The predicted octanol–water partition coefficient (Wildman–Crippen LogP) is 4.32. The van der Waals surface area contributed by atoms with E-state index in [1.165, 1.54) is 18.7 Å². The number of ketones is 1. The zero-order valence-electron chi connectivity index (χ0n) is 9.38. The molecule has 0 aliphatic rings. The van der Waals surface area contributed by atoms with Gasteiger partial charge in [-0.2, -0.15) is 13.2 Å². The molecule has 1 aromatic rings. The Morgan fingerprint density at radius 1 is 1.24 bits per heavy atom. The van der Waals surface area contributed by atoms with Gasteiger partial charge in [-0.05, 0) is 31.2 Å². The third-order valence-corrected chi connectivity index (χ3v) is 3.23. The molecule has 0 N–H and O–H groups in total. The number of halogens is 3. The highest BCUT2D eigenvalue weighted by Crippen LogP contribution is 2.25. The van der Waals surface area contributed by atoms with Crippen molar-refractivity contribution in [3.05, 3.63) is 29.8 Å². The van der Waals surface area contributed by atoms with Gasteiger partial charge in [0.05, 0.1) is 0 Å². The van der Waals surface area contributed by atoms with Gasteiger partial charge in [0.15, 0.2) is 5.78 Å². The SMILES string of the molecule is CC(=O)c1ccc(SCCCC(F)(F)F)cc1. The second kappa shape index (κ2) is 6.10. The van der Waals surface area contributed by atoms with E-state index < -0.39 is 12.6 Å². The van der Waals surface area contributed by atoms with Gasteiger partial charge < -0.3 is 0 Å². The molecule has 0 aliphatic heterocycles. The van der Waals surface area contributed by atoms with Crippen molar-refractivity contribution in [2.24, 2.45) is 0 Å². The van der Waals surface area contributed by atoms with Gasteiger partial charge in [-0.3, -0.25) is 4.79 Å². The van der Waals surface area contributed by atoms with E-state index in [2.05, 4.69) is 0 Å². The minimum Gasteiger partial charge on any atom is -0.295 e. The Kier molecular flexibility index (Phi) is 5.05. The Labute approximate surface area is 102 Å². The Hall–Kier alpha value is -0.970. The maximum Gasteiger partial charge on any atom is 0.389 e. The van der Waals surface area contributed by atoms with Crippen LogP contribution in [0.5, 0.6) is 0 Å². The van der Waals surface area contributed by atoms with Crippen molar-refractivity contribution >= 4 is 17.5 Å². The number of carbonyl (C=O) groups is 1. The average molecular weight is 262 g/mol. The van der Waals surface area contributed by atoms with E-state index in [9.17, 15) is 18.0 Å². The van der Waals surface area contributed by atoms with Crippen LogP contribution in [0.1, 0.15) is 30.1 Å². The molecule has 0 bridgehead atoms. The molecule has 5 heteroatoms. The zero-order chi connectivity index (χ0) is 12.9. The summed E-state index contributed by atoms with van der Waals surface area (Å²) in [6.07, 6.45) is -4.70. The number of alkyl halides is 3. The molecule has 0 saturated carbocycles. The van der Waals surface area contributed by atoms with Crippen LogP contribution in [-0.4, -0.2) is 17.7 Å². The summed E-state index contributed by atoms with van der Waals surface area (Å²) in [5, 5.41) is 0. The quantitative estimate of drug-likeness (QED) is 0.446. The molecule has 0 spiro atoms. The maximum atomic E-state index is 11.9. The fraction of sp³-hybridized carbons (Fsp3) is 0.417. The second-order valence-electron chi connectivity index (χ2n) is 3.65. The van der Waals surface area contributed by atoms with Crippen LogP contribution in [0.2, 0.25) is 0 Å². The molecule has 0 radical (unpaired) electrons. The molecule has 0 aromatic heterocycles. The van der Waals surface area contributed by atoms with Crippen LogP contribution in [0, 0.1) is 0 Å².